The summed E-state index contributed by atoms with van der Waals surface area (Å²) in [4.78, 5) is 0. The van der Waals surface area contributed by atoms with Crippen molar-refractivity contribution in [3.8, 4) is 0 Å². The molecule has 2 rings (SSSR count). The largest absolute Gasteiger partial charge is 0.207 e. The summed E-state index contributed by atoms with van der Waals surface area (Å²) in [6.07, 6.45) is 6.06. The average molecular weight is 413 g/mol. The van der Waals surface area contributed by atoms with Crippen LogP contribution in [0, 0.1) is 17.5 Å². The molecule has 0 radical (unpaired) electrons. The SMILES string of the molecule is C/C=C\C.CC(C)c1cc(F)ccc1Cl.CCCC(C)c1ccc(F)c(F)c1. The highest BCUT2D eigenvalue weighted by Gasteiger charge is 2.08. The number of allylic oxidation sites excluding steroid dienone is 2. The van der Waals surface area contributed by atoms with E-state index in [1.807, 2.05) is 46.8 Å². The van der Waals surface area contributed by atoms with Crippen LogP contribution < -0.4 is 0 Å². The van der Waals surface area contributed by atoms with Gasteiger partial charge in [0.25, 0.3) is 0 Å². The number of benzene rings is 2. The first-order valence-corrected chi connectivity index (χ1v) is 10.0. The van der Waals surface area contributed by atoms with Gasteiger partial charge < -0.3 is 0 Å². The molecule has 2 aromatic rings. The van der Waals surface area contributed by atoms with Gasteiger partial charge >= 0.3 is 0 Å². The van der Waals surface area contributed by atoms with Crippen molar-refractivity contribution in [1.82, 2.24) is 0 Å². The van der Waals surface area contributed by atoms with E-state index in [0.29, 0.717) is 10.9 Å². The molecule has 0 aliphatic rings. The van der Waals surface area contributed by atoms with Gasteiger partial charge in [-0.25, -0.2) is 13.2 Å². The lowest BCUT2D eigenvalue weighted by Gasteiger charge is -2.10. The van der Waals surface area contributed by atoms with Crippen LogP contribution >= 0.6 is 11.6 Å². The van der Waals surface area contributed by atoms with Crippen LogP contribution in [0.25, 0.3) is 0 Å². The molecule has 1 atom stereocenters. The summed E-state index contributed by atoms with van der Waals surface area (Å²) in [7, 11) is 0. The van der Waals surface area contributed by atoms with E-state index < -0.39 is 11.6 Å². The van der Waals surface area contributed by atoms with Crippen LogP contribution in [0.1, 0.15) is 77.3 Å². The minimum atomic E-state index is -0.771. The van der Waals surface area contributed by atoms with Crippen LogP contribution in [0.2, 0.25) is 5.02 Å². The molecule has 0 saturated heterocycles. The van der Waals surface area contributed by atoms with Crippen molar-refractivity contribution < 1.29 is 13.2 Å². The Morgan fingerprint density at radius 1 is 0.893 bits per heavy atom. The first-order valence-electron chi connectivity index (χ1n) is 9.64. The van der Waals surface area contributed by atoms with E-state index in [-0.39, 0.29) is 11.7 Å². The summed E-state index contributed by atoms with van der Waals surface area (Å²) < 4.78 is 38.0. The van der Waals surface area contributed by atoms with Gasteiger partial charge in [-0.2, -0.15) is 0 Å². The second-order valence-corrected chi connectivity index (χ2v) is 7.26. The fraction of sp³-hybridized carbons (Fsp3) is 0.417. The van der Waals surface area contributed by atoms with Gasteiger partial charge in [-0.05, 0) is 73.6 Å². The van der Waals surface area contributed by atoms with Crippen molar-refractivity contribution in [2.75, 3.05) is 0 Å². The molecule has 1 unspecified atom stereocenters. The fourth-order valence-electron chi connectivity index (χ4n) is 2.38. The summed E-state index contributed by atoms with van der Waals surface area (Å²) in [5, 5.41) is 0.640. The Labute approximate surface area is 173 Å². The van der Waals surface area contributed by atoms with Crippen LogP contribution in [-0.4, -0.2) is 0 Å². The van der Waals surface area contributed by atoms with Crippen molar-refractivity contribution >= 4 is 11.6 Å². The van der Waals surface area contributed by atoms with Crippen LogP contribution in [0.15, 0.2) is 48.6 Å². The Balaban J connectivity index is 0.000000442. The Bertz CT molecular complexity index is 720. The quantitative estimate of drug-likeness (QED) is 0.439. The van der Waals surface area contributed by atoms with E-state index >= 15 is 0 Å². The van der Waals surface area contributed by atoms with Gasteiger partial charge in [-0.1, -0.05) is 63.9 Å². The third-order valence-corrected chi connectivity index (χ3v) is 4.49. The molecule has 0 aliphatic carbocycles. The summed E-state index contributed by atoms with van der Waals surface area (Å²) in [5.74, 6) is -1.16. The van der Waals surface area contributed by atoms with Gasteiger partial charge in [0.05, 0.1) is 0 Å². The first kappa shape index (κ1) is 26.3. The maximum Gasteiger partial charge on any atom is 0.159 e. The lowest BCUT2D eigenvalue weighted by molar-refractivity contribution is 0.504. The molecule has 4 heteroatoms. The maximum atomic E-state index is 12.8. The summed E-state index contributed by atoms with van der Waals surface area (Å²) in [6.45, 7) is 12.1. The van der Waals surface area contributed by atoms with Crippen LogP contribution in [0.4, 0.5) is 13.2 Å². The zero-order chi connectivity index (χ0) is 21.7. The molecule has 0 spiro atoms. The van der Waals surface area contributed by atoms with Gasteiger partial charge in [0, 0.05) is 5.02 Å². The maximum absolute atomic E-state index is 12.8. The van der Waals surface area contributed by atoms with E-state index in [4.69, 9.17) is 11.6 Å². The highest BCUT2D eigenvalue weighted by Crippen LogP contribution is 2.24. The Morgan fingerprint density at radius 2 is 1.50 bits per heavy atom. The van der Waals surface area contributed by atoms with Crippen molar-refractivity contribution in [2.24, 2.45) is 0 Å². The van der Waals surface area contributed by atoms with Crippen molar-refractivity contribution in [1.29, 1.82) is 0 Å². The van der Waals surface area contributed by atoms with E-state index in [1.54, 1.807) is 12.1 Å². The first-order chi connectivity index (χ1) is 13.2. The number of hydrogen-bond acceptors (Lipinski definition) is 0. The van der Waals surface area contributed by atoms with Crippen LogP contribution in [0.5, 0.6) is 0 Å². The van der Waals surface area contributed by atoms with E-state index in [0.717, 1.165) is 24.0 Å². The van der Waals surface area contributed by atoms with Gasteiger partial charge in [0.15, 0.2) is 11.6 Å². The second kappa shape index (κ2) is 14.3. The molecule has 0 heterocycles. The summed E-state index contributed by atoms with van der Waals surface area (Å²) in [6, 6.07) is 8.57. The zero-order valence-electron chi connectivity index (χ0n) is 17.7. The van der Waals surface area contributed by atoms with E-state index in [2.05, 4.69) is 6.92 Å². The summed E-state index contributed by atoms with van der Waals surface area (Å²) in [5.41, 5.74) is 1.74. The van der Waals surface area contributed by atoms with Gasteiger partial charge in [0.1, 0.15) is 5.82 Å². The fourth-order valence-corrected chi connectivity index (χ4v) is 2.71. The van der Waals surface area contributed by atoms with Gasteiger partial charge in [0.2, 0.25) is 0 Å². The zero-order valence-corrected chi connectivity index (χ0v) is 18.5. The second-order valence-electron chi connectivity index (χ2n) is 6.85. The minimum absolute atomic E-state index is 0.224. The van der Waals surface area contributed by atoms with Crippen molar-refractivity contribution in [3.05, 3.63) is 82.2 Å². The van der Waals surface area contributed by atoms with Crippen molar-refractivity contribution in [2.45, 2.75) is 66.2 Å². The number of hydrogen-bond donors (Lipinski definition) is 0. The molecule has 0 amide bonds. The lowest BCUT2D eigenvalue weighted by atomic mass is 9.96. The Morgan fingerprint density at radius 3 is 1.93 bits per heavy atom. The van der Waals surface area contributed by atoms with Gasteiger partial charge in [-0.15, -0.1) is 0 Å². The van der Waals surface area contributed by atoms with E-state index in [1.165, 1.54) is 24.3 Å². The average Bonchev–Trinajstić information content (AvgIpc) is 2.66. The molecule has 2 aromatic carbocycles. The topological polar surface area (TPSA) is 0 Å². The number of rotatable bonds is 4. The standard InChI is InChI=1S/C11H14F2.C9H10ClF.C4H8/c1-3-4-8(2)9-5-6-10(12)11(13)7-9;1-6(2)8-5-7(11)3-4-9(8)10;1-3-4-2/h5-8H,3-4H2,1-2H3;3-6H,1-2H3;3-4H,1-2H3/b;;4-3-. The summed E-state index contributed by atoms with van der Waals surface area (Å²) >= 11 is 5.82. The third-order valence-electron chi connectivity index (χ3n) is 4.15. The normalized spacial score (nSPS) is 11.5. The number of halogens is 4. The highest BCUT2D eigenvalue weighted by atomic mass is 35.5. The molecule has 0 aromatic heterocycles. The predicted molar refractivity (Wildman–Crippen MR) is 116 cm³/mol. The molecule has 156 valence electrons. The minimum Gasteiger partial charge on any atom is -0.207 e. The third kappa shape index (κ3) is 9.98. The molecular weight excluding hydrogens is 381 g/mol. The van der Waals surface area contributed by atoms with Crippen molar-refractivity contribution in [3.63, 3.8) is 0 Å². The van der Waals surface area contributed by atoms with Crippen LogP contribution in [-0.2, 0) is 0 Å². The molecule has 0 bridgehead atoms. The molecular formula is C24H32ClF3. The Kier molecular flexibility index (Phi) is 13.4. The van der Waals surface area contributed by atoms with Crippen LogP contribution in [0.3, 0.4) is 0 Å². The smallest absolute Gasteiger partial charge is 0.159 e. The Hall–Kier alpha value is -1.74. The molecule has 0 saturated carbocycles. The molecule has 28 heavy (non-hydrogen) atoms. The predicted octanol–water partition coefficient (Wildman–Crippen LogP) is 9.05. The molecule has 0 aliphatic heterocycles. The molecule has 0 nitrogen and oxygen atoms in total. The molecule has 0 fully saturated rings. The highest BCUT2D eigenvalue weighted by molar-refractivity contribution is 6.31. The van der Waals surface area contributed by atoms with Gasteiger partial charge in [-0.3, -0.25) is 0 Å². The van der Waals surface area contributed by atoms with E-state index in [9.17, 15) is 13.2 Å². The molecule has 0 N–H and O–H groups in total. The lowest BCUT2D eigenvalue weighted by Crippen LogP contribution is -1.95. The monoisotopic (exact) mass is 412 g/mol.